The normalized spacial score (nSPS) is 10.8. The van der Waals surface area contributed by atoms with Gasteiger partial charge in [0.2, 0.25) is 0 Å². The maximum absolute atomic E-state index is 14.0. The van der Waals surface area contributed by atoms with Crippen molar-refractivity contribution in [3.05, 3.63) is 71.0 Å². The summed E-state index contributed by atoms with van der Waals surface area (Å²) in [7, 11) is 0. The molecule has 2 N–H and O–H groups in total. The molecule has 0 fully saturated rings. The fraction of sp³-hybridized carbons (Fsp3) is 0.235. The second kappa shape index (κ2) is 7.29. The van der Waals surface area contributed by atoms with Crippen molar-refractivity contribution in [3.8, 4) is 0 Å². The number of thiocarbonyl (C=S) groups is 1. The first-order chi connectivity index (χ1) is 10.1. The van der Waals surface area contributed by atoms with Crippen molar-refractivity contribution in [1.29, 1.82) is 0 Å². The van der Waals surface area contributed by atoms with Crippen LogP contribution in [-0.2, 0) is 13.1 Å². The fourth-order valence-electron chi connectivity index (χ4n) is 2.21. The van der Waals surface area contributed by atoms with Crippen LogP contribution >= 0.6 is 12.2 Å². The molecule has 2 nitrogen and oxygen atoms in total. The molecular formula is C17H19FN2S. The second-order valence-electron chi connectivity index (χ2n) is 4.96. The van der Waals surface area contributed by atoms with Crippen molar-refractivity contribution in [2.24, 2.45) is 5.73 Å². The molecule has 0 saturated heterocycles. The molecule has 0 aliphatic rings. The molecule has 21 heavy (non-hydrogen) atoms. The van der Waals surface area contributed by atoms with Crippen molar-refractivity contribution < 1.29 is 4.39 Å². The summed E-state index contributed by atoms with van der Waals surface area (Å²) < 4.78 is 14.0. The Morgan fingerprint density at radius 3 is 2.48 bits per heavy atom. The van der Waals surface area contributed by atoms with Crippen LogP contribution in [0, 0.1) is 5.82 Å². The smallest absolute Gasteiger partial charge is 0.127 e. The maximum atomic E-state index is 14.0. The van der Waals surface area contributed by atoms with Crippen LogP contribution in [0.5, 0.6) is 0 Å². The second-order valence-corrected chi connectivity index (χ2v) is 5.40. The van der Waals surface area contributed by atoms with Gasteiger partial charge < -0.3 is 5.73 Å². The Labute approximate surface area is 130 Å². The number of benzene rings is 2. The number of hydrogen-bond acceptors (Lipinski definition) is 2. The first kappa shape index (κ1) is 15.6. The Kier molecular flexibility index (Phi) is 5.42. The van der Waals surface area contributed by atoms with Gasteiger partial charge in [-0.15, -0.1) is 0 Å². The zero-order valence-electron chi connectivity index (χ0n) is 12.1. The molecule has 0 bridgehead atoms. The summed E-state index contributed by atoms with van der Waals surface area (Å²) in [6.07, 6.45) is 0. The molecule has 110 valence electrons. The Morgan fingerprint density at radius 1 is 1.14 bits per heavy atom. The Balaban J connectivity index is 2.14. The Morgan fingerprint density at radius 2 is 1.86 bits per heavy atom. The molecule has 0 atom stereocenters. The molecule has 2 rings (SSSR count). The van der Waals surface area contributed by atoms with Crippen LogP contribution in [0.3, 0.4) is 0 Å². The van der Waals surface area contributed by atoms with Crippen LogP contribution in [0.25, 0.3) is 0 Å². The van der Waals surface area contributed by atoms with E-state index in [0.717, 1.165) is 13.1 Å². The van der Waals surface area contributed by atoms with Crippen LogP contribution in [0.1, 0.15) is 23.6 Å². The highest BCUT2D eigenvalue weighted by Crippen LogP contribution is 2.15. The zero-order chi connectivity index (χ0) is 15.2. The van der Waals surface area contributed by atoms with Crippen LogP contribution in [-0.4, -0.2) is 16.4 Å². The van der Waals surface area contributed by atoms with Crippen molar-refractivity contribution in [2.75, 3.05) is 6.54 Å². The van der Waals surface area contributed by atoms with E-state index in [2.05, 4.69) is 24.0 Å². The number of nitrogens with two attached hydrogens (primary N) is 1. The van der Waals surface area contributed by atoms with Gasteiger partial charge in [0.1, 0.15) is 10.8 Å². The van der Waals surface area contributed by atoms with E-state index in [4.69, 9.17) is 18.0 Å². The topological polar surface area (TPSA) is 29.3 Å². The molecule has 0 radical (unpaired) electrons. The van der Waals surface area contributed by atoms with E-state index in [9.17, 15) is 4.39 Å². The van der Waals surface area contributed by atoms with Crippen molar-refractivity contribution >= 4 is 17.2 Å². The van der Waals surface area contributed by atoms with E-state index < -0.39 is 0 Å². The van der Waals surface area contributed by atoms with Crippen molar-refractivity contribution in [3.63, 3.8) is 0 Å². The fourth-order valence-corrected chi connectivity index (χ4v) is 2.34. The maximum Gasteiger partial charge on any atom is 0.127 e. The van der Waals surface area contributed by atoms with Gasteiger partial charge in [0.25, 0.3) is 0 Å². The first-order valence-corrected chi connectivity index (χ1v) is 7.35. The van der Waals surface area contributed by atoms with E-state index in [1.54, 1.807) is 12.1 Å². The molecule has 0 saturated carbocycles. The summed E-state index contributed by atoms with van der Waals surface area (Å²) in [6, 6.07) is 15.0. The SMILES string of the molecule is CCN(Cc1ccccc1)Cc1cc(C(N)=S)ccc1F. The average molecular weight is 302 g/mol. The molecule has 0 amide bonds. The highest BCUT2D eigenvalue weighted by atomic mass is 32.1. The monoisotopic (exact) mass is 302 g/mol. The summed E-state index contributed by atoms with van der Waals surface area (Å²) in [6.45, 7) is 4.23. The first-order valence-electron chi connectivity index (χ1n) is 6.94. The lowest BCUT2D eigenvalue weighted by Gasteiger charge is -2.21. The molecule has 2 aromatic carbocycles. The lowest BCUT2D eigenvalue weighted by atomic mass is 10.1. The number of rotatable bonds is 6. The molecular weight excluding hydrogens is 283 g/mol. The molecule has 0 aliphatic carbocycles. The van der Waals surface area contributed by atoms with Gasteiger partial charge in [-0.05, 0) is 30.3 Å². The quantitative estimate of drug-likeness (QED) is 0.828. The van der Waals surface area contributed by atoms with Gasteiger partial charge in [0, 0.05) is 24.2 Å². The molecule has 0 unspecified atom stereocenters. The third-order valence-corrected chi connectivity index (χ3v) is 3.66. The lowest BCUT2D eigenvalue weighted by Crippen LogP contribution is -2.23. The highest BCUT2D eigenvalue weighted by Gasteiger charge is 2.10. The Bertz CT molecular complexity index is 613. The summed E-state index contributed by atoms with van der Waals surface area (Å²) in [5.74, 6) is -0.221. The molecule has 4 heteroatoms. The molecule has 0 heterocycles. The van der Waals surface area contributed by atoms with Crippen LogP contribution in [0.2, 0.25) is 0 Å². The van der Waals surface area contributed by atoms with E-state index >= 15 is 0 Å². The molecule has 0 aromatic heterocycles. The van der Waals surface area contributed by atoms with E-state index in [1.165, 1.54) is 11.6 Å². The third kappa shape index (κ3) is 4.34. The van der Waals surface area contributed by atoms with Gasteiger partial charge in [-0.3, -0.25) is 4.90 Å². The van der Waals surface area contributed by atoms with Crippen LogP contribution < -0.4 is 5.73 Å². The molecule has 0 spiro atoms. The van der Waals surface area contributed by atoms with Crippen LogP contribution in [0.4, 0.5) is 4.39 Å². The van der Waals surface area contributed by atoms with E-state index in [0.29, 0.717) is 22.7 Å². The van der Waals surface area contributed by atoms with Gasteiger partial charge in [0.15, 0.2) is 0 Å². The third-order valence-electron chi connectivity index (χ3n) is 3.42. The minimum absolute atomic E-state index is 0.221. The lowest BCUT2D eigenvalue weighted by molar-refractivity contribution is 0.267. The summed E-state index contributed by atoms with van der Waals surface area (Å²) >= 11 is 4.95. The largest absolute Gasteiger partial charge is 0.389 e. The highest BCUT2D eigenvalue weighted by molar-refractivity contribution is 7.80. The summed E-state index contributed by atoms with van der Waals surface area (Å²) in [4.78, 5) is 2.47. The number of halogens is 1. The van der Waals surface area contributed by atoms with Gasteiger partial charge in [0.05, 0.1) is 0 Å². The van der Waals surface area contributed by atoms with E-state index in [-0.39, 0.29) is 5.82 Å². The van der Waals surface area contributed by atoms with Gasteiger partial charge in [-0.1, -0.05) is 49.5 Å². The van der Waals surface area contributed by atoms with Gasteiger partial charge in [-0.25, -0.2) is 4.39 Å². The summed E-state index contributed by atoms with van der Waals surface area (Å²) in [5, 5.41) is 0. The minimum atomic E-state index is -0.221. The van der Waals surface area contributed by atoms with Crippen molar-refractivity contribution in [1.82, 2.24) is 4.90 Å². The van der Waals surface area contributed by atoms with Gasteiger partial charge >= 0.3 is 0 Å². The summed E-state index contributed by atoms with van der Waals surface area (Å²) in [5.41, 5.74) is 8.16. The van der Waals surface area contributed by atoms with Gasteiger partial charge in [-0.2, -0.15) is 0 Å². The molecule has 2 aromatic rings. The number of nitrogens with zero attached hydrogens (tertiary/aromatic N) is 1. The van der Waals surface area contributed by atoms with Crippen LogP contribution in [0.15, 0.2) is 48.5 Å². The van der Waals surface area contributed by atoms with Crippen molar-refractivity contribution in [2.45, 2.75) is 20.0 Å². The standard InChI is InChI=1S/C17H19FN2S/c1-2-20(11-13-6-4-3-5-7-13)12-15-10-14(17(19)21)8-9-16(15)18/h3-10H,2,11-12H2,1H3,(H2,19,21). The predicted molar refractivity (Wildman–Crippen MR) is 88.5 cm³/mol. The molecule has 0 aliphatic heterocycles. The van der Waals surface area contributed by atoms with E-state index in [1.807, 2.05) is 18.2 Å². The average Bonchev–Trinajstić information content (AvgIpc) is 2.49. The minimum Gasteiger partial charge on any atom is -0.389 e. The predicted octanol–water partition coefficient (Wildman–Crippen LogP) is 3.48. The number of hydrogen-bond donors (Lipinski definition) is 1. The zero-order valence-corrected chi connectivity index (χ0v) is 12.9. The Hall–Kier alpha value is -1.78.